The van der Waals surface area contributed by atoms with E-state index in [9.17, 15) is 4.79 Å². The lowest BCUT2D eigenvalue weighted by molar-refractivity contribution is -0.143. The monoisotopic (exact) mass is 284 g/mol. The maximum Gasteiger partial charge on any atom is 0.305 e. The van der Waals surface area contributed by atoms with Gasteiger partial charge < -0.3 is 4.74 Å². The summed E-state index contributed by atoms with van der Waals surface area (Å²) in [6.45, 7) is 7.36. The van der Waals surface area contributed by atoms with Gasteiger partial charge in [-0.15, -0.1) is 0 Å². The number of hydrogen-bond donors (Lipinski definition) is 0. The van der Waals surface area contributed by atoms with E-state index in [1.165, 1.54) is 51.4 Å². The fraction of sp³-hybridized carbons (Fsp3) is 0.944. The molecule has 2 nitrogen and oxygen atoms in total. The van der Waals surface area contributed by atoms with E-state index < -0.39 is 0 Å². The van der Waals surface area contributed by atoms with Crippen molar-refractivity contribution in [1.29, 1.82) is 0 Å². The third-order valence-electron chi connectivity index (χ3n) is 3.67. The first-order chi connectivity index (χ1) is 9.66. The van der Waals surface area contributed by atoms with Gasteiger partial charge in [0.2, 0.25) is 0 Å². The van der Waals surface area contributed by atoms with Crippen molar-refractivity contribution in [2.75, 3.05) is 6.61 Å². The molecule has 2 heteroatoms. The quantitative estimate of drug-likeness (QED) is 0.294. The highest BCUT2D eigenvalue weighted by Gasteiger charge is 2.02. The molecule has 0 aliphatic rings. The van der Waals surface area contributed by atoms with Gasteiger partial charge in [0.25, 0.3) is 0 Å². The Morgan fingerprint density at radius 2 is 1.45 bits per heavy atom. The average Bonchev–Trinajstić information content (AvgIpc) is 2.41. The minimum atomic E-state index is -0.00182. The molecular weight excluding hydrogens is 248 g/mol. The smallest absolute Gasteiger partial charge is 0.305 e. The summed E-state index contributed by atoms with van der Waals surface area (Å²) < 4.78 is 5.19. The highest BCUT2D eigenvalue weighted by molar-refractivity contribution is 5.69. The van der Waals surface area contributed by atoms with Crippen molar-refractivity contribution in [2.24, 2.45) is 5.92 Å². The van der Waals surface area contributed by atoms with Gasteiger partial charge in [-0.1, -0.05) is 78.6 Å². The topological polar surface area (TPSA) is 26.3 Å². The van der Waals surface area contributed by atoms with E-state index in [-0.39, 0.29) is 5.97 Å². The van der Waals surface area contributed by atoms with E-state index in [4.69, 9.17) is 4.74 Å². The molecule has 0 fully saturated rings. The van der Waals surface area contributed by atoms with Crippen LogP contribution in [0.5, 0.6) is 0 Å². The van der Waals surface area contributed by atoms with Crippen LogP contribution in [0.4, 0.5) is 0 Å². The van der Waals surface area contributed by atoms with Crippen LogP contribution in [0.2, 0.25) is 0 Å². The predicted molar refractivity (Wildman–Crippen MR) is 86.9 cm³/mol. The average molecular weight is 284 g/mol. The van der Waals surface area contributed by atoms with Crippen LogP contribution >= 0.6 is 0 Å². The number of carbonyl (C=O) groups is 1. The highest BCUT2D eigenvalue weighted by Crippen LogP contribution is 2.12. The number of esters is 1. The van der Waals surface area contributed by atoms with E-state index >= 15 is 0 Å². The molecule has 0 aromatic heterocycles. The third kappa shape index (κ3) is 15.5. The fourth-order valence-electron chi connectivity index (χ4n) is 2.32. The molecule has 0 aromatic carbocycles. The van der Waals surface area contributed by atoms with Crippen molar-refractivity contribution < 1.29 is 9.53 Å². The summed E-state index contributed by atoms with van der Waals surface area (Å²) in [5.41, 5.74) is 0. The lowest BCUT2D eigenvalue weighted by Gasteiger charge is -2.05. The maximum atomic E-state index is 11.4. The Kier molecular flexibility index (Phi) is 14.5. The van der Waals surface area contributed by atoms with Crippen LogP contribution in [0, 0.1) is 5.92 Å². The summed E-state index contributed by atoms with van der Waals surface area (Å²) in [6.07, 6.45) is 14.2. The molecule has 120 valence electrons. The molecule has 0 radical (unpaired) electrons. The molecule has 0 aliphatic carbocycles. The van der Waals surface area contributed by atoms with Crippen molar-refractivity contribution in [2.45, 2.75) is 97.8 Å². The Hall–Kier alpha value is -0.530. The van der Waals surface area contributed by atoms with Crippen molar-refractivity contribution in [3.63, 3.8) is 0 Å². The first-order valence-electron chi connectivity index (χ1n) is 8.82. The molecule has 20 heavy (non-hydrogen) atoms. The Morgan fingerprint density at radius 3 is 2.05 bits per heavy atom. The van der Waals surface area contributed by atoms with Gasteiger partial charge in [-0.25, -0.2) is 0 Å². The lowest BCUT2D eigenvalue weighted by Crippen LogP contribution is -2.05. The number of hydrogen-bond acceptors (Lipinski definition) is 2. The second-order valence-corrected chi connectivity index (χ2v) is 6.33. The van der Waals surface area contributed by atoms with Crippen LogP contribution in [0.1, 0.15) is 97.8 Å². The van der Waals surface area contributed by atoms with Gasteiger partial charge >= 0.3 is 5.97 Å². The zero-order valence-electron chi connectivity index (χ0n) is 14.1. The number of rotatable bonds is 14. The van der Waals surface area contributed by atoms with Gasteiger partial charge in [0.1, 0.15) is 0 Å². The molecule has 0 aliphatic heterocycles. The standard InChI is InChI=1S/C18H36O2/c1-4-5-13-16-20-18(19)15-12-10-8-6-7-9-11-14-17(2)3/h17H,4-16H2,1-3H3. The second kappa shape index (κ2) is 14.9. The number of unbranched alkanes of at least 4 members (excludes halogenated alkanes) is 8. The van der Waals surface area contributed by atoms with Crippen LogP contribution in [0.25, 0.3) is 0 Å². The molecule has 0 saturated carbocycles. The molecule has 0 N–H and O–H groups in total. The third-order valence-corrected chi connectivity index (χ3v) is 3.67. The van der Waals surface area contributed by atoms with E-state index in [2.05, 4.69) is 20.8 Å². The Balaban J connectivity index is 3.13. The minimum Gasteiger partial charge on any atom is -0.466 e. The number of ether oxygens (including phenoxy) is 1. The van der Waals surface area contributed by atoms with Crippen LogP contribution in [0.15, 0.2) is 0 Å². The van der Waals surface area contributed by atoms with Crippen molar-refractivity contribution in [3.05, 3.63) is 0 Å². The largest absolute Gasteiger partial charge is 0.466 e. The van der Waals surface area contributed by atoms with Crippen LogP contribution < -0.4 is 0 Å². The lowest BCUT2D eigenvalue weighted by atomic mass is 10.0. The van der Waals surface area contributed by atoms with Crippen molar-refractivity contribution in [1.82, 2.24) is 0 Å². The molecule has 0 aromatic rings. The second-order valence-electron chi connectivity index (χ2n) is 6.33. The zero-order chi connectivity index (χ0) is 15.1. The maximum absolute atomic E-state index is 11.4. The Labute approximate surface area is 126 Å². The van der Waals surface area contributed by atoms with E-state index in [1.54, 1.807) is 0 Å². The Morgan fingerprint density at radius 1 is 0.850 bits per heavy atom. The molecule has 0 amide bonds. The first kappa shape index (κ1) is 19.5. The number of carbonyl (C=O) groups excluding carboxylic acids is 1. The van der Waals surface area contributed by atoms with Gasteiger partial charge in [-0.3, -0.25) is 4.79 Å². The fourth-order valence-corrected chi connectivity index (χ4v) is 2.32. The van der Waals surface area contributed by atoms with Gasteiger partial charge in [0, 0.05) is 6.42 Å². The summed E-state index contributed by atoms with van der Waals surface area (Å²) >= 11 is 0. The summed E-state index contributed by atoms with van der Waals surface area (Å²) in [5.74, 6) is 0.844. The predicted octanol–water partition coefficient (Wildman–Crippen LogP) is 5.89. The van der Waals surface area contributed by atoms with Crippen LogP contribution in [-0.4, -0.2) is 12.6 Å². The Bertz CT molecular complexity index is 211. The zero-order valence-corrected chi connectivity index (χ0v) is 14.1. The van der Waals surface area contributed by atoms with Gasteiger partial charge in [0.05, 0.1) is 6.61 Å². The van der Waals surface area contributed by atoms with E-state index in [0.29, 0.717) is 13.0 Å². The van der Waals surface area contributed by atoms with Crippen molar-refractivity contribution in [3.8, 4) is 0 Å². The van der Waals surface area contributed by atoms with Crippen molar-refractivity contribution >= 4 is 5.97 Å². The SMILES string of the molecule is CCCCCOC(=O)CCCCCCCCCC(C)C. The summed E-state index contributed by atoms with van der Waals surface area (Å²) in [6, 6.07) is 0. The summed E-state index contributed by atoms with van der Waals surface area (Å²) in [7, 11) is 0. The summed E-state index contributed by atoms with van der Waals surface area (Å²) in [5, 5.41) is 0. The van der Waals surface area contributed by atoms with E-state index in [1.807, 2.05) is 0 Å². The molecule has 0 heterocycles. The minimum absolute atomic E-state index is 0.00182. The molecular formula is C18H36O2. The summed E-state index contributed by atoms with van der Waals surface area (Å²) in [4.78, 5) is 11.4. The highest BCUT2D eigenvalue weighted by atomic mass is 16.5. The van der Waals surface area contributed by atoms with Crippen LogP contribution in [0.3, 0.4) is 0 Å². The van der Waals surface area contributed by atoms with Crippen LogP contribution in [-0.2, 0) is 9.53 Å². The molecule has 0 unspecified atom stereocenters. The normalized spacial score (nSPS) is 11.0. The van der Waals surface area contributed by atoms with E-state index in [0.717, 1.165) is 25.2 Å². The molecule has 0 saturated heterocycles. The van der Waals surface area contributed by atoms with Gasteiger partial charge in [-0.2, -0.15) is 0 Å². The van der Waals surface area contributed by atoms with Gasteiger partial charge in [0.15, 0.2) is 0 Å². The molecule has 0 rings (SSSR count). The molecule has 0 bridgehead atoms. The van der Waals surface area contributed by atoms with Gasteiger partial charge in [-0.05, 0) is 18.8 Å². The first-order valence-corrected chi connectivity index (χ1v) is 8.82. The molecule has 0 spiro atoms. The molecule has 0 atom stereocenters.